The lowest BCUT2D eigenvalue weighted by Gasteiger charge is -2.36. The van der Waals surface area contributed by atoms with Gasteiger partial charge in [-0.25, -0.2) is 4.79 Å². The molecule has 182 valence electrons. The van der Waals surface area contributed by atoms with Gasteiger partial charge in [0, 0.05) is 40.2 Å². The number of hydrogen-bond acceptors (Lipinski definition) is 4. The van der Waals surface area contributed by atoms with Crippen molar-refractivity contribution in [2.75, 3.05) is 6.61 Å². The predicted molar refractivity (Wildman–Crippen MR) is 144 cm³/mol. The first-order valence-electron chi connectivity index (χ1n) is 12.3. The number of hydrogen-bond donors (Lipinski definition) is 1. The summed E-state index contributed by atoms with van der Waals surface area (Å²) in [5.74, 6) is -0.664. The molecule has 0 unspecified atom stereocenters. The van der Waals surface area contributed by atoms with Crippen molar-refractivity contribution in [3.05, 3.63) is 129 Å². The predicted octanol–water partition coefficient (Wildman–Crippen LogP) is 6.60. The van der Waals surface area contributed by atoms with E-state index in [1.54, 1.807) is 0 Å². The van der Waals surface area contributed by atoms with Crippen molar-refractivity contribution in [2.45, 2.75) is 38.0 Å². The largest absolute Gasteiger partial charge is 0.462 e. The Bertz CT molecular complexity index is 1340. The van der Waals surface area contributed by atoms with Crippen LogP contribution in [0.4, 0.5) is 0 Å². The van der Waals surface area contributed by atoms with Crippen LogP contribution in [0.1, 0.15) is 48.3 Å². The van der Waals surface area contributed by atoms with Crippen LogP contribution in [0.25, 0.3) is 0 Å². The molecule has 0 amide bonds. The summed E-state index contributed by atoms with van der Waals surface area (Å²) in [5, 5.41) is 3.43. The quantitative estimate of drug-likeness (QED) is 0.357. The average Bonchev–Trinajstić information content (AvgIpc) is 2.89. The lowest BCUT2D eigenvalue weighted by Crippen LogP contribution is -2.36. The first-order valence-corrected chi connectivity index (χ1v) is 13.1. The van der Waals surface area contributed by atoms with E-state index in [0.717, 1.165) is 39.0 Å². The summed E-state index contributed by atoms with van der Waals surface area (Å²) >= 11 is 3.56. The van der Waals surface area contributed by atoms with Crippen molar-refractivity contribution in [3.63, 3.8) is 0 Å². The minimum absolute atomic E-state index is 0.0738. The molecule has 0 saturated heterocycles. The van der Waals surface area contributed by atoms with Crippen LogP contribution in [0.2, 0.25) is 0 Å². The fourth-order valence-corrected chi connectivity index (χ4v) is 5.69. The number of allylic oxidation sites excluding steroid dienone is 3. The van der Waals surface area contributed by atoms with Gasteiger partial charge < -0.3 is 10.1 Å². The van der Waals surface area contributed by atoms with E-state index in [9.17, 15) is 9.59 Å². The molecule has 3 aromatic rings. The standard InChI is InChI=1S/C31H28BrNO3/c1-20-28(31(35)36-16-15-21-9-4-2-5-10-21)29(23-13-8-14-25(32)17-23)30-26(33-20)18-24(19-27(30)34)22-11-6-3-7-12-22/h2-14,17,24,29,33H,15-16,18-19H2,1H3/t24-,29-/m0/s1. The maximum atomic E-state index is 13.7. The third-order valence-electron chi connectivity index (χ3n) is 6.97. The Kier molecular flexibility index (Phi) is 7.19. The Balaban J connectivity index is 1.47. The molecule has 0 saturated carbocycles. The highest BCUT2D eigenvalue weighted by molar-refractivity contribution is 9.10. The Morgan fingerprint density at radius 1 is 0.944 bits per heavy atom. The molecule has 5 heteroatoms. The second kappa shape index (κ2) is 10.7. The Morgan fingerprint density at radius 3 is 2.36 bits per heavy atom. The van der Waals surface area contributed by atoms with Crippen molar-refractivity contribution < 1.29 is 14.3 Å². The summed E-state index contributed by atoms with van der Waals surface area (Å²) in [5.41, 5.74) is 6.01. The maximum absolute atomic E-state index is 13.7. The molecular formula is C31H28BrNO3. The molecule has 0 spiro atoms. The van der Waals surface area contributed by atoms with Gasteiger partial charge in [0.05, 0.1) is 12.2 Å². The zero-order valence-corrected chi connectivity index (χ0v) is 21.8. The molecule has 1 heterocycles. The van der Waals surface area contributed by atoms with E-state index < -0.39 is 5.92 Å². The number of nitrogens with one attached hydrogen (secondary N) is 1. The van der Waals surface area contributed by atoms with E-state index in [1.165, 1.54) is 0 Å². The van der Waals surface area contributed by atoms with E-state index in [-0.39, 0.29) is 24.3 Å². The Hall–Kier alpha value is -3.44. The molecule has 2 aliphatic rings. The van der Waals surface area contributed by atoms with Gasteiger partial charge in [-0.05, 0) is 48.1 Å². The lowest BCUT2D eigenvalue weighted by molar-refractivity contribution is -0.139. The van der Waals surface area contributed by atoms with Gasteiger partial charge in [0.15, 0.2) is 5.78 Å². The van der Waals surface area contributed by atoms with Gasteiger partial charge in [0.25, 0.3) is 0 Å². The zero-order chi connectivity index (χ0) is 25.1. The van der Waals surface area contributed by atoms with Crippen LogP contribution in [0.5, 0.6) is 0 Å². The van der Waals surface area contributed by atoms with Crippen molar-refractivity contribution in [2.24, 2.45) is 0 Å². The smallest absolute Gasteiger partial charge is 0.336 e. The Morgan fingerprint density at radius 2 is 1.64 bits per heavy atom. The van der Waals surface area contributed by atoms with Crippen LogP contribution in [0.15, 0.2) is 112 Å². The highest BCUT2D eigenvalue weighted by atomic mass is 79.9. The molecule has 0 fully saturated rings. The fourth-order valence-electron chi connectivity index (χ4n) is 5.27. The third kappa shape index (κ3) is 5.07. The van der Waals surface area contributed by atoms with E-state index >= 15 is 0 Å². The summed E-state index contributed by atoms with van der Waals surface area (Å²) in [6.07, 6.45) is 1.78. The lowest BCUT2D eigenvalue weighted by atomic mass is 9.72. The van der Waals surface area contributed by atoms with Crippen LogP contribution >= 0.6 is 15.9 Å². The van der Waals surface area contributed by atoms with Crippen LogP contribution in [0.3, 0.4) is 0 Å². The highest BCUT2D eigenvalue weighted by Crippen LogP contribution is 2.46. The number of ether oxygens (including phenoxy) is 1. The van der Waals surface area contributed by atoms with Crippen LogP contribution in [-0.4, -0.2) is 18.4 Å². The van der Waals surface area contributed by atoms with E-state index in [2.05, 4.69) is 33.4 Å². The van der Waals surface area contributed by atoms with Gasteiger partial charge >= 0.3 is 5.97 Å². The highest BCUT2D eigenvalue weighted by Gasteiger charge is 2.41. The van der Waals surface area contributed by atoms with Gasteiger partial charge in [-0.15, -0.1) is 0 Å². The van der Waals surface area contributed by atoms with Crippen molar-refractivity contribution in [1.29, 1.82) is 0 Å². The topological polar surface area (TPSA) is 55.4 Å². The van der Waals surface area contributed by atoms with Crippen LogP contribution < -0.4 is 5.32 Å². The first-order chi connectivity index (χ1) is 17.5. The van der Waals surface area contributed by atoms with Gasteiger partial charge in [0.2, 0.25) is 0 Å². The van der Waals surface area contributed by atoms with Gasteiger partial charge in [-0.2, -0.15) is 0 Å². The number of ketones is 1. The van der Waals surface area contributed by atoms with Crippen LogP contribution in [0, 0.1) is 0 Å². The zero-order valence-electron chi connectivity index (χ0n) is 20.2. The van der Waals surface area contributed by atoms with Crippen LogP contribution in [-0.2, 0) is 20.7 Å². The molecule has 0 radical (unpaired) electrons. The summed E-state index contributed by atoms with van der Waals surface area (Å²) < 4.78 is 6.66. The van der Waals surface area contributed by atoms with Crippen molar-refractivity contribution >= 4 is 27.7 Å². The maximum Gasteiger partial charge on any atom is 0.336 e. The van der Waals surface area contributed by atoms with E-state index in [4.69, 9.17) is 4.74 Å². The molecule has 1 aliphatic carbocycles. The Labute approximate surface area is 220 Å². The minimum atomic E-state index is -0.466. The molecule has 1 N–H and O–H groups in total. The monoisotopic (exact) mass is 541 g/mol. The molecule has 2 atom stereocenters. The number of esters is 1. The normalized spacial score (nSPS) is 19.6. The summed E-state index contributed by atoms with van der Waals surface area (Å²) in [4.78, 5) is 27.1. The molecule has 5 rings (SSSR count). The third-order valence-corrected chi connectivity index (χ3v) is 7.46. The first kappa shape index (κ1) is 24.3. The number of halogens is 1. The number of dihydropyridines is 1. The fraction of sp³-hybridized carbons (Fsp3) is 0.226. The molecule has 0 aromatic heterocycles. The number of carbonyl (C=O) groups excluding carboxylic acids is 2. The number of benzene rings is 3. The second-order valence-corrected chi connectivity index (χ2v) is 10.3. The average molecular weight is 542 g/mol. The van der Waals surface area contributed by atoms with Gasteiger partial charge in [-0.1, -0.05) is 88.7 Å². The molecule has 0 bridgehead atoms. The number of rotatable bonds is 6. The van der Waals surface area contributed by atoms with Gasteiger partial charge in [-0.3, -0.25) is 4.79 Å². The van der Waals surface area contributed by atoms with E-state index in [1.807, 2.05) is 79.7 Å². The summed E-state index contributed by atoms with van der Waals surface area (Å²) in [6, 6.07) is 28.0. The molecule has 3 aromatic carbocycles. The molecule has 4 nitrogen and oxygen atoms in total. The van der Waals surface area contributed by atoms with Crippen molar-refractivity contribution in [1.82, 2.24) is 5.32 Å². The van der Waals surface area contributed by atoms with Crippen molar-refractivity contribution in [3.8, 4) is 0 Å². The van der Waals surface area contributed by atoms with E-state index in [0.29, 0.717) is 24.0 Å². The molecule has 1 aliphatic heterocycles. The molecule has 36 heavy (non-hydrogen) atoms. The summed E-state index contributed by atoms with van der Waals surface area (Å²) in [6.45, 7) is 2.18. The SMILES string of the molecule is CC1=C(C(=O)OCCc2ccccc2)[C@H](c2cccc(Br)c2)C2=C(C[C@H](c3ccccc3)CC2=O)N1. The number of Topliss-reactive ketones (excluding diaryl/α,β-unsaturated/α-hetero) is 1. The van der Waals surface area contributed by atoms with Gasteiger partial charge in [0.1, 0.15) is 0 Å². The number of carbonyl (C=O) groups is 2. The molecular weight excluding hydrogens is 514 g/mol. The summed E-state index contributed by atoms with van der Waals surface area (Å²) in [7, 11) is 0. The second-order valence-electron chi connectivity index (χ2n) is 9.35. The minimum Gasteiger partial charge on any atom is -0.462 e.